The number of hydrogen-bond donors (Lipinski definition) is 0. The maximum Gasteiger partial charge on any atom is 0.303 e. The normalized spacial score (nSPS) is 12.5. The molecule has 0 amide bonds. The van der Waals surface area contributed by atoms with Gasteiger partial charge in [-0.25, -0.2) is 0 Å². The third kappa shape index (κ3) is 9.81. The second-order valence-corrected chi connectivity index (χ2v) is 3.78. The first-order valence-electron chi connectivity index (χ1n) is 6.27. The van der Waals surface area contributed by atoms with E-state index in [0.717, 1.165) is 0 Å². The topological polar surface area (TPSA) is 52.6 Å². The Bertz CT molecular complexity index is 547. The molecule has 0 N–H and O–H groups in total. The van der Waals surface area contributed by atoms with Crippen LogP contribution >= 0.6 is 0 Å². The van der Waals surface area contributed by atoms with Gasteiger partial charge in [0.2, 0.25) is 0 Å². The van der Waals surface area contributed by atoms with E-state index in [1.54, 1.807) is 12.2 Å². The first-order valence-corrected chi connectivity index (χ1v) is 6.27. The minimum absolute atomic E-state index is 0.492. The van der Waals surface area contributed by atoms with Gasteiger partial charge >= 0.3 is 11.9 Å². The third-order valence-electron chi connectivity index (χ3n) is 1.99. The molecule has 0 aromatic carbocycles. The van der Waals surface area contributed by atoms with Gasteiger partial charge in [0.15, 0.2) is 12.2 Å². The molecule has 0 aliphatic heterocycles. The lowest BCUT2D eigenvalue weighted by Gasteiger charge is -2.20. The monoisotopic (exact) mass is 286 g/mol. The van der Waals surface area contributed by atoms with Crippen LogP contribution in [-0.2, 0) is 19.1 Å². The Balaban J connectivity index is 4.91. The fourth-order valence-corrected chi connectivity index (χ4v) is 1.23. The van der Waals surface area contributed by atoms with Crippen LogP contribution in [0.5, 0.6) is 0 Å². The van der Waals surface area contributed by atoms with Crippen molar-refractivity contribution in [1.82, 2.24) is 0 Å². The first kappa shape index (κ1) is 18.3. The highest BCUT2D eigenvalue weighted by atomic mass is 16.6. The molecule has 21 heavy (non-hydrogen) atoms. The zero-order chi connectivity index (χ0) is 16.1. The number of esters is 2. The van der Waals surface area contributed by atoms with E-state index in [-0.39, 0.29) is 0 Å². The SMILES string of the molecule is C=CC(OC(C)=O)C(/C=C/C#CC#C/C=C/C)OC(C)=O. The summed E-state index contributed by atoms with van der Waals surface area (Å²) in [6, 6.07) is 0. The molecule has 0 aliphatic carbocycles. The smallest absolute Gasteiger partial charge is 0.303 e. The lowest BCUT2D eigenvalue weighted by atomic mass is 10.2. The van der Waals surface area contributed by atoms with Gasteiger partial charge in [0.25, 0.3) is 0 Å². The van der Waals surface area contributed by atoms with Crippen molar-refractivity contribution >= 4 is 11.9 Å². The van der Waals surface area contributed by atoms with Gasteiger partial charge in [-0.1, -0.05) is 24.5 Å². The van der Waals surface area contributed by atoms with Crippen LogP contribution in [0.3, 0.4) is 0 Å². The Morgan fingerprint density at radius 2 is 1.52 bits per heavy atom. The van der Waals surface area contributed by atoms with Gasteiger partial charge in [0, 0.05) is 13.8 Å². The van der Waals surface area contributed by atoms with E-state index in [0.29, 0.717) is 0 Å². The van der Waals surface area contributed by atoms with Gasteiger partial charge in [-0.05, 0) is 43.1 Å². The molecule has 2 atom stereocenters. The lowest BCUT2D eigenvalue weighted by Crippen LogP contribution is -2.31. The van der Waals surface area contributed by atoms with Crippen LogP contribution < -0.4 is 0 Å². The molecule has 4 nitrogen and oxygen atoms in total. The highest BCUT2D eigenvalue weighted by molar-refractivity contribution is 5.67. The van der Waals surface area contributed by atoms with E-state index in [2.05, 4.69) is 30.3 Å². The van der Waals surface area contributed by atoms with Gasteiger partial charge in [-0.15, -0.1) is 0 Å². The van der Waals surface area contributed by atoms with Crippen molar-refractivity contribution < 1.29 is 19.1 Å². The number of hydrogen-bond acceptors (Lipinski definition) is 4. The average molecular weight is 286 g/mol. The van der Waals surface area contributed by atoms with Gasteiger partial charge < -0.3 is 9.47 Å². The second-order valence-electron chi connectivity index (χ2n) is 3.78. The number of carbonyl (C=O) groups excluding carboxylic acids is 2. The quantitative estimate of drug-likeness (QED) is 0.441. The Morgan fingerprint density at radius 3 is 2.00 bits per heavy atom. The zero-order valence-electron chi connectivity index (χ0n) is 12.4. The minimum Gasteiger partial charge on any atom is -0.454 e. The number of ether oxygens (including phenoxy) is 2. The van der Waals surface area contributed by atoms with Crippen molar-refractivity contribution in [1.29, 1.82) is 0 Å². The number of carbonyl (C=O) groups is 2. The summed E-state index contributed by atoms with van der Waals surface area (Å²) < 4.78 is 10.1. The van der Waals surface area contributed by atoms with Gasteiger partial charge in [0.05, 0.1) is 0 Å². The molecule has 0 bridgehead atoms. The van der Waals surface area contributed by atoms with Gasteiger partial charge in [-0.2, -0.15) is 0 Å². The van der Waals surface area contributed by atoms with Crippen molar-refractivity contribution in [3.8, 4) is 23.7 Å². The van der Waals surface area contributed by atoms with Crippen LogP contribution in [0.2, 0.25) is 0 Å². The molecule has 0 saturated carbocycles. The van der Waals surface area contributed by atoms with Crippen LogP contribution in [0.4, 0.5) is 0 Å². The van der Waals surface area contributed by atoms with Crippen molar-refractivity contribution in [2.45, 2.75) is 33.0 Å². The molecule has 4 heteroatoms. The number of allylic oxidation sites excluding steroid dienone is 3. The van der Waals surface area contributed by atoms with Crippen LogP contribution in [0.15, 0.2) is 37.0 Å². The van der Waals surface area contributed by atoms with Crippen molar-refractivity contribution in [2.75, 3.05) is 0 Å². The van der Waals surface area contributed by atoms with E-state index in [1.807, 2.05) is 6.92 Å². The standard InChI is InChI=1S/C17H18O4/c1-5-7-8-9-10-11-12-13-17(21-15(4)19)16(6-2)20-14(3)18/h5-7,12-13,16-17H,2H2,1,3-4H3/b7-5+,13-12+. The molecule has 2 unspecified atom stereocenters. The van der Waals surface area contributed by atoms with E-state index in [1.165, 1.54) is 32.1 Å². The predicted molar refractivity (Wildman–Crippen MR) is 80.8 cm³/mol. The van der Waals surface area contributed by atoms with Crippen molar-refractivity contribution in [3.05, 3.63) is 37.0 Å². The Labute approximate surface area is 125 Å². The first-order chi connectivity index (χ1) is 10.0. The van der Waals surface area contributed by atoms with Gasteiger partial charge in [-0.3, -0.25) is 9.59 Å². The molecule has 0 radical (unpaired) electrons. The maximum absolute atomic E-state index is 11.1. The molecule has 0 heterocycles. The van der Waals surface area contributed by atoms with Crippen LogP contribution in [0, 0.1) is 23.7 Å². The predicted octanol–water partition coefficient (Wildman–Crippen LogP) is 2.17. The summed E-state index contributed by atoms with van der Waals surface area (Å²) in [6.07, 6.45) is 6.32. The summed E-state index contributed by atoms with van der Waals surface area (Å²) in [5.74, 6) is 9.61. The molecule has 110 valence electrons. The largest absolute Gasteiger partial charge is 0.454 e. The fourth-order valence-electron chi connectivity index (χ4n) is 1.23. The molecular weight excluding hydrogens is 268 g/mol. The Morgan fingerprint density at radius 1 is 1.00 bits per heavy atom. The Kier molecular flexibility index (Phi) is 9.69. The van der Waals surface area contributed by atoms with Crippen molar-refractivity contribution in [3.63, 3.8) is 0 Å². The lowest BCUT2D eigenvalue weighted by molar-refractivity contribution is -0.158. The molecule has 0 spiro atoms. The molecule has 0 aromatic heterocycles. The van der Waals surface area contributed by atoms with Crippen molar-refractivity contribution in [2.24, 2.45) is 0 Å². The molecule has 0 aliphatic rings. The highest BCUT2D eigenvalue weighted by Crippen LogP contribution is 2.08. The highest BCUT2D eigenvalue weighted by Gasteiger charge is 2.21. The number of rotatable bonds is 5. The summed E-state index contributed by atoms with van der Waals surface area (Å²) in [7, 11) is 0. The van der Waals surface area contributed by atoms with E-state index < -0.39 is 24.1 Å². The van der Waals surface area contributed by atoms with E-state index in [9.17, 15) is 9.59 Å². The molecule has 0 saturated heterocycles. The average Bonchev–Trinajstić information content (AvgIpc) is 2.42. The second kappa shape index (κ2) is 11.1. The summed E-state index contributed by atoms with van der Waals surface area (Å²) in [5, 5.41) is 0. The molecule has 0 aromatic rings. The fraction of sp³-hybridized carbons (Fsp3) is 0.294. The van der Waals surface area contributed by atoms with Gasteiger partial charge in [0.1, 0.15) is 0 Å². The summed E-state index contributed by atoms with van der Waals surface area (Å²) in [6.45, 7) is 7.94. The maximum atomic E-state index is 11.1. The summed E-state index contributed by atoms with van der Waals surface area (Å²) >= 11 is 0. The zero-order valence-corrected chi connectivity index (χ0v) is 12.4. The Hall–Kier alpha value is -2.72. The van der Waals surface area contributed by atoms with Crippen LogP contribution in [0.25, 0.3) is 0 Å². The van der Waals surface area contributed by atoms with E-state index in [4.69, 9.17) is 9.47 Å². The molecule has 0 fully saturated rings. The van der Waals surface area contributed by atoms with Crippen LogP contribution in [-0.4, -0.2) is 24.1 Å². The van der Waals surface area contributed by atoms with E-state index >= 15 is 0 Å². The summed E-state index contributed by atoms with van der Waals surface area (Å²) in [4.78, 5) is 22.1. The summed E-state index contributed by atoms with van der Waals surface area (Å²) in [5.41, 5.74) is 0. The molecular formula is C17H18O4. The minimum atomic E-state index is -0.776. The third-order valence-corrected chi connectivity index (χ3v) is 1.99. The van der Waals surface area contributed by atoms with Crippen LogP contribution in [0.1, 0.15) is 20.8 Å². The molecule has 0 rings (SSSR count).